The van der Waals surface area contributed by atoms with Gasteiger partial charge in [-0.1, -0.05) is 38.1 Å². The molecule has 1 atom stereocenters. The van der Waals surface area contributed by atoms with E-state index in [9.17, 15) is 5.11 Å². The fourth-order valence-corrected chi connectivity index (χ4v) is 3.02. The normalized spacial score (nSPS) is 13.6. The van der Waals surface area contributed by atoms with Gasteiger partial charge in [0.15, 0.2) is 5.96 Å². The summed E-state index contributed by atoms with van der Waals surface area (Å²) in [6.45, 7) is 15.8. The molecule has 0 amide bonds. The Kier molecular flexibility index (Phi) is 11.2. The number of rotatable bonds is 11. The molecule has 160 valence electrons. The first kappa shape index (κ1) is 24.4. The fraction of sp³-hybridized carbons (Fsp3) is 0.696. The molecule has 0 aliphatic carbocycles. The molecule has 0 aromatic heterocycles. The molecule has 1 aromatic rings. The molecule has 5 nitrogen and oxygen atoms in total. The molecule has 0 aliphatic rings. The first-order chi connectivity index (χ1) is 13.2. The Morgan fingerprint density at radius 1 is 1.18 bits per heavy atom. The third kappa shape index (κ3) is 11.3. The zero-order chi connectivity index (χ0) is 21.0. The van der Waals surface area contributed by atoms with Gasteiger partial charge in [0.05, 0.1) is 18.8 Å². The van der Waals surface area contributed by atoms with E-state index >= 15 is 0 Å². The Balaban J connectivity index is 2.68. The van der Waals surface area contributed by atoms with Crippen LogP contribution >= 0.6 is 0 Å². The lowest BCUT2D eigenvalue weighted by molar-refractivity contribution is -0.0149. The standard InChI is InChI=1S/C23H41N3O2/c1-7-24-22(26-16-20(11-12-27)13-18(2)3)25-15-19-9-8-10-21(14-19)17-28-23(4,5)6/h8-10,14,18,20,27H,7,11-13,15-17H2,1-6H3,(H2,24,25,26). The van der Waals surface area contributed by atoms with Crippen LogP contribution in [0.15, 0.2) is 29.3 Å². The van der Waals surface area contributed by atoms with Gasteiger partial charge in [0.2, 0.25) is 0 Å². The first-order valence-corrected chi connectivity index (χ1v) is 10.6. The highest BCUT2D eigenvalue weighted by atomic mass is 16.5. The topological polar surface area (TPSA) is 65.9 Å². The van der Waals surface area contributed by atoms with Crippen molar-refractivity contribution in [2.45, 2.75) is 73.1 Å². The van der Waals surface area contributed by atoms with Crippen molar-refractivity contribution in [3.8, 4) is 0 Å². The summed E-state index contributed by atoms with van der Waals surface area (Å²) in [6, 6.07) is 8.41. The maximum Gasteiger partial charge on any atom is 0.191 e. The molecule has 1 rings (SSSR count). The number of nitrogens with zero attached hydrogens (tertiary/aromatic N) is 1. The number of aliphatic hydroxyl groups is 1. The van der Waals surface area contributed by atoms with Crippen molar-refractivity contribution in [2.75, 3.05) is 19.7 Å². The summed E-state index contributed by atoms with van der Waals surface area (Å²) in [4.78, 5) is 4.74. The van der Waals surface area contributed by atoms with Gasteiger partial charge >= 0.3 is 0 Å². The van der Waals surface area contributed by atoms with Crippen molar-refractivity contribution in [3.05, 3.63) is 35.4 Å². The molecule has 0 bridgehead atoms. The maximum absolute atomic E-state index is 9.31. The van der Waals surface area contributed by atoms with E-state index in [1.54, 1.807) is 0 Å². The lowest BCUT2D eigenvalue weighted by atomic mass is 9.94. The minimum Gasteiger partial charge on any atom is -0.396 e. The second-order valence-electron chi connectivity index (χ2n) is 8.80. The summed E-state index contributed by atoms with van der Waals surface area (Å²) in [5.74, 6) is 1.90. The lowest BCUT2D eigenvalue weighted by Crippen LogP contribution is -2.40. The van der Waals surface area contributed by atoms with E-state index in [-0.39, 0.29) is 12.2 Å². The van der Waals surface area contributed by atoms with Crippen LogP contribution in [-0.2, 0) is 17.9 Å². The SMILES string of the molecule is CCNC(=NCc1cccc(COC(C)(C)C)c1)NCC(CCO)CC(C)C. The molecule has 0 saturated heterocycles. The van der Waals surface area contributed by atoms with Crippen molar-refractivity contribution < 1.29 is 9.84 Å². The van der Waals surface area contributed by atoms with Crippen LogP contribution in [0.1, 0.15) is 65.5 Å². The number of aliphatic imine (C=N–C) groups is 1. The van der Waals surface area contributed by atoms with E-state index in [1.807, 2.05) is 0 Å². The highest BCUT2D eigenvalue weighted by molar-refractivity contribution is 5.79. The molecule has 5 heteroatoms. The Morgan fingerprint density at radius 3 is 2.50 bits per heavy atom. The largest absolute Gasteiger partial charge is 0.396 e. The van der Waals surface area contributed by atoms with Gasteiger partial charge < -0.3 is 20.5 Å². The van der Waals surface area contributed by atoms with Gasteiger partial charge in [-0.3, -0.25) is 0 Å². The van der Waals surface area contributed by atoms with Gasteiger partial charge in [0.25, 0.3) is 0 Å². The predicted molar refractivity (Wildman–Crippen MR) is 118 cm³/mol. The molecule has 0 spiro atoms. The number of nitrogens with one attached hydrogen (secondary N) is 2. The van der Waals surface area contributed by atoms with Crippen LogP contribution in [0.2, 0.25) is 0 Å². The molecule has 0 fully saturated rings. The van der Waals surface area contributed by atoms with E-state index in [0.717, 1.165) is 31.9 Å². The molecule has 28 heavy (non-hydrogen) atoms. The van der Waals surface area contributed by atoms with Crippen LogP contribution in [0.3, 0.4) is 0 Å². The fourth-order valence-electron chi connectivity index (χ4n) is 3.02. The molecule has 3 N–H and O–H groups in total. The van der Waals surface area contributed by atoms with Crippen molar-refractivity contribution in [1.29, 1.82) is 0 Å². The summed E-state index contributed by atoms with van der Waals surface area (Å²) < 4.78 is 5.87. The summed E-state index contributed by atoms with van der Waals surface area (Å²) >= 11 is 0. The molecule has 0 radical (unpaired) electrons. The zero-order valence-corrected chi connectivity index (χ0v) is 18.7. The zero-order valence-electron chi connectivity index (χ0n) is 18.7. The monoisotopic (exact) mass is 391 g/mol. The van der Waals surface area contributed by atoms with Crippen LogP contribution in [-0.4, -0.2) is 36.4 Å². The van der Waals surface area contributed by atoms with E-state index in [0.29, 0.717) is 25.0 Å². The maximum atomic E-state index is 9.31. The van der Waals surface area contributed by atoms with Crippen LogP contribution in [0.25, 0.3) is 0 Å². The van der Waals surface area contributed by atoms with E-state index < -0.39 is 0 Å². The number of guanidine groups is 1. The first-order valence-electron chi connectivity index (χ1n) is 10.6. The van der Waals surface area contributed by atoms with Crippen LogP contribution < -0.4 is 10.6 Å². The van der Waals surface area contributed by atoms with Gasteiger partial charge in [-0.25, -0.2) is 4.99 Å². The van der Waals surface area contributed by atoms with E-state index in [2.05, 4.69) is 76.4 Å². The third-order valence-corrected chi connectivity index (χ3v) is 4.33. The molecule has 0 aliphatic heterocycles. The number of ether oxygens (including phenoxy) is 1. The van der Waals surface area contributed by atoms with Crippen molar-refractivity contribution in [1.82, 2.24) is 10.6 Å². The summed E-state index contributed by atoms with van der Waals surface area (Å²) in [7, 11) is 0. The van der Waals surface area contributed by atoms with Crippen LogP contribution in [0.4, 0.5) is 0 Å². The molecular formula is C23H41N3O2. The number of hydrogen-bond acceptors (Lipinski definition) is 3. The number of aliphatic hydroxyl groups excluding tert-OH is 1. The van der Waals surface area contributed by atoms with Crippen LogP contribution in [0.5, 0.6) is 0 Å². The minimum absolute atomic E-state index is 0.141. The Bertz CT molecular complexity index is 579. The Labute approximate surface area is 172 Å². The highest BCUT2D eigenvalue weighted by Gasteiger charge is 2.12. The van der Waals surface area contributed by atoms with Gasteiger partial charge in [-0.2, -0.15) is 0 Å². The number of hydrogen-bond donors (Lipinski definition) is 3. The summed E-state index contributed by atoms with van der Waals surface area (Å²) in [5, 5.41) is 16.1. The average molecular weight is 392 g/mol. The number of benzene rings is 1. The van der Waals surface area contributed by atoms with Crippen molar-refractivity contribution in [3.63, 3.8) is 0 Å². The summed E-state index contributed by atoms with van der Waals surface area (Å²) in [5.41, 5.74) is 2.19. The molecule has 1 aromatic carbocycles. The van der Waals surface area contributed by atoms with E-state index in [1.165, 1.54) is 11.1 Å². The third-order valence-electron chi connectivity index (χ3n) is 4.33. The molecule has 0 saturated carbocycles. The van der Waals surface area contributed by atoms with Crippen molar-refractivity contribution in [2.24, 2.45) is 16.8 Å². The van der Waals surface area contributed by atoms with Gasteiger partial charge in [-0.15, -0.1) is 0 Å². The van der Waals surface area contributed by atoms with E-state index in [4.69, 9.17) is 9.73 Å². The Morgan fingerprint density at radius 2 is 1.89 bits per heavy atom. The summed E-state index contributed by atoms with van der Waals surface area (Å²) in [6.07, 6.45) is 1.92. The smallest absolute Gasteiger partial charge is 0.191 e. The Hall–Kier alpha value is -1.59. The van der Waals surface area contributed by atoms with Gasteiger partial charge in [0.1, 0.15) is 0 Å². The molecule has 1 unspecified atom stereocenters. The quantitative estimate of drug-likeness (QED) is 0.392. The second kappa shape index (κ2) is 12.8. The average Bonchev–Trinajstić information content (AvgIpc) is 2.61. The molecule has 0 heterocycles. The van der Waals surface area contributed by atoms with Crippen LogP contribution in [0, 0.1) is 11.8 Å². The lowest BCUT2D eigenvalue weighted by Gasteiger charge is -2.20. The van der Waals surface area contributed by atoms with Crippen molar-refractivity contribution >= 4 is 5.96 Å². The van der Waals surface area contributed by atoms with Gasteiger partial charge in [-0.05, 0) is 63.5 Å². The second-order valence-corrected chi connectivity index (χ2v) is 8.80. The molecular weight excluding hydrogens is 350 g/mol. The van der Waals surface area contributed by atoms with Gasteiger partial charge in [0, 0.05) is 19.7 Å². The minimum atomic E-state index is -0.141. The highest BCUT2D eigenvalue weighted by Crippen LogP contribution is 2.15. The predicted octanol–water partition coefficient (Wildman–Crippen LogP) is 4.10.